The summed E-state index contributed by atoms with van der Waals surface area (Å²) in [5.74, 6) is 1.02. The highest BCUT2D eigenvalue weighted by Gasteiger charge is 2.22. The highest BCUT2D eigenvalue weighted by molar-refractivity contribution is 7.09. The number of thiazole rings is 1. The van der Waals surface area contributed by atoms with Crippen molar-refractivity contribution in [1.29, 1.82) is 0 Å². The van der Waals surface area contributed by atoms with E-state index in [0.717, 1.165) is 54.7 Å². The predicted molar refractivity (Wildman–Crippen MR) is 119 cm³/mol. The van der Waals surface area contributed by atoms with Crippen molar-refractivity contribution in [2.24, 2.45) is 0 Å². The van der Waals surface area contributed by atoms with Crippen molar-refractivity contribution < 1.29 is 9.21 Å². The molecule has 0 unspecified atom stereocenters. The molecular formula is C24H23N3O2S. The summed E-state index contributed by atoms with van der Waals surface area (Å²) >= 11 is 1.66. The first-order chi connectivity index (χ1) is 14.8. The Labute approximate surface area is 179 Å². The third-order valence-corrected chi connectivity index (χ3v) is 6.46. The van der Waals surface area contributed by atoms with Crippen LogP contribution >= 0.6 is 11.3 Å². The maximum absolute atomic E-state index is 12.9. The van der Waals surface area contributed by atoms with Crippen LogP contribution in [-0.4, -0.2) is 46.9 Å². The number of rotatable bonds is 5. The Hall–Kier alpha value is -2.96. The van der Waals surface area contributed by atoms with Crippen molar-refractivity contribution in [2.75, 3.05) is 26.2 Å². The van der Waals surface area contributed by atoms with Gasteiger partial charge in [-0.1, -0.05) is 42.5 Å². The Kier molecular flexibility index (Phi) is 5.34. The SMILES string of the molecule is O=C(Cc1cccc2ccccc12)N1CCN(Cc2nc(-c3ccco3)cs2)CC1. The topological polar surface area (TPSA) is 49.6 Å². The minimum atomic E-state index is 0.209. The van der Waals surface area contributed by atoms with Crippen LogP contribution in [0.3, 0.4) is 0 Å². The molecule has 1 fully saturated rings. The van der Waals surface area contributed by atoms with Crippen LogP contribution in [0.2, 0.25) is 0 Å². The van der Waals surface area contributed by atoms with Crippen LogP contribution in [0.4, 0.5) is 0 Å². The molecule has 2 aromatic carbocycles. The molecule has 0 N–H and O–H groups in total. The normalized spacial score (nSPS) is 15.0. The van der Waals surface area contributed by atoms with Gasteiger partial charge in [0.1, 0.15) is 10.7 Å². The number of hydrogen-bond donors (Lipinski definition) is 0. The number of fused-ring (bicyclic) bond motifs is 1. The van der Waals surface area contributed by atoms with Gasteiger partial charge in [0, 0.05) is 31.6 Å². The number of carbonyl (C=O) groups is 1. The first kappa shape index (κ1) is 19.0. The van der Waals surface area contributed by atoms with E-state index in [1.807, 2.05) is 40.6 Å². The Bertz CT molecular complexity index is 1140. The quantitative estimate of drug-likeness (QED) is 0.482. The number of aromatic nitrogens is 1. The first-order valence-corrected chi connectivity index (χ1v) is 11.1. The van der Waals surface area contributed by atoms with Gasteiger partial charge in [0.15, 0.2) is 5.76 Å². The van der Waals surface area contributed by atoms with Crippen LogP contribution in [0.15, 0.2) is 70.7 Å². The average Bonchev–Trinajstić information content (AvgIpc) is 3.47. The first-order valence-electron chi connectivity index (χ1n) is 10.2. The molecule has 152 valence electrons. The van der Waals surface area contributed by atoms with E-state index in [0.29, 0.717) is 6.42 Å². The highest BCUT2D eigenvalue weighted by atomic mass is 32.1. The van der Waals surface area contributed by atoms with Gasteiger partial charge in [-0.05, 0) is 28.5 Å². The summed E-state index contributed by atoms with van der Waals surface area (Å²) in [5, 5.41) is 5.48. The van der Waals surface area contributed by atoms with E-state index in [-0.39, 0.29) is 5.91 Å². The van der Waals surface area contributed by atoms with Crippen molar-refractivity contribution in [3.05, 3.63) is 76.8 Å². The second-order valence-corrected chi connectivity index (χ2v) is 8.52. The molecule has 1 amide bonds. The molecule has 0 atom stereocenters. The van der Waals surface area contributed by atoms with Crippen molar-refractivity contribution in [3.63, 3.8) is 0 Å². The Morgan fingerprint density at radius 3 is 2.67 bits per heavy atom. The molecule has 0 aliphatic carbocycles. The summed E-state index contributed by atoms with van der Waals surface area (Å²) in [4.78, 5) is 21.9. The molecule has 30 heavy (non-hydrogen) atoms. The third kappa shape index (κ3) is 4.01. The van der Waals surface area contributed by atoms with Crippen molar-refractivity contribution >= 4 is 28.0 Å². The standard InChI is InChI=1S/C24H23N3O2S/c28-24(15-19-7-3-6-18-5-1-2-8-20(18)19)27-12-10-26(11-13-27)16-23-25-21(17-30-23)22-9-4-14-29-22/h1-9,14,17H,10-13,15-16H2. The van der Waals surface area contributed by atoms with Crippen LogP contribution in [-0.2, 0) is 17.8 Å². The van der Waals surface area contributed by atoms with E-state index in [4.69, 9.17) is 4.42 Å². The molecule has 4 aromatic rings. The Morgan fingerprint density at radius 2 is 1.83 bits per heavy atom. The zero-order valence-corrected chi connectivity index (χ0v) is 17.5. The van der Waals surface area contributed by atoms with Gasteiger partial charge in [-0.3, -0.25) is 9.69 Å². The van der Waals surface area contributed by atoms with Crippen molar-refractivity contribution in [2.45, 2.75) is 13.0 Å². The van der Waals surface area contributed by atoms with Crippen LogP contribution in [0, 0.1) is 0 Å². The summed E-state index contributed by atoms with van der Waals surface area (Å²) in [6, 6.07) is 18.3. The fraction of sp³-hybridized carbons (Fsp3) is 0.250. The lowest BCUT2D eigenvalue weighted by Gasteiger charge is -2.34. The van der Waals surface area contributed by atoms with Crippen LogP contribution in [0.5, 0.6) is 0 Å². The smallest absolute Gasteiger partial charge is 0.227 e. The average molecular weight is 418 g/mol. The second kappa shape index (κ2) is 8.42. The maximum Gasteiger partial charge on any atom is 0.227 e. The van der Waals surface area contributed by atoms with E-state index >= 15 is 0 Å². The molecule has 0 saturated carbocycles. The van der Waals surface area contributed by atoms with Crippen LogP contribution < -0.4 is 0 Å². The molecule has 5 rings (SSSR count). The summed E-state index contributed by atoms with van der Waals surface area (Å²) in [6.07, 6.45) is 2.13. The van der Waals surface area contributed by atoms with Gasteiger partial charge < -0.3 is 9.32 Å². The van der Waals surface area contributed by atoms with E-state index in [2.05, 4.69) is 34.1 Å². The van der Waals surface area contributed by atoms with E-state index < -0.39 is 0 Å². The van der Waals surface area contributed by atoms with Crippen LogP contribution in [0.25, 0.3) is 22.2 Å². The number of amides is 1. The molecule has 0 spiro atoms. The minimum absolute atomic E-state index is 0.209. The largest absolute Gasteiger partial charge is 0.463 e. The van der Waals surface area contributed by atoms with Crippen LogP contribution in [0.1, 0.15) is 10.6 Å². The molecule has 5 nitrogen and oxygen atoms in total. The summed E-state index contributed by atoms with van der Waals surface area (Å²) < 4.78 is 5.43. The molecule has 6 heteroatoms. The predicted octanol–water partition coefficient (Wildman–Crippen LogP) is 4.44. The van der Waals surface area contributed by atoms with E-state index in [1.165, 1.54) is 10.8 Å². The number of hydrogen-bond acceptors (Lipinski definition) is 5. The Morgan fingerprint density at radius 1 is 1.00 bits per heavy atom. The van der Waals surface area contributed by atoms with Crippen molar-refractivity contribution in [1.82, 2.24) is 14.8 Å². The highest BCUT2D eigenvalue weighted by Crippen LogP contribution is 2.24. The van der Waals surface area contributed by atoms with Gasteiger partial charge in [0.2, 0.25) is 5.91 Å². The lowest BCUT2D eigenvalue weighted by molar-refractivity contribution is -0.132. The van der Waals surface area contributed by atoms with Gasteiger partial charge in [-0.2, -0.15) is 0 Å². The maximum atomic E-state index is 12.9. The zero-order valence-electron chi connectivity index (χ0n) is 16.7. The van der Waals surface area contributed by atoms with Gasteiger partial charge in [0.25, 0.3) is 0 Å². The van der Waals surface area contributed by atoms with E-state index in [1.54, 1.807) is 17.6 Å². The monoisotopic (exact) mass is 417 g/mol. The summed E-state index contributed by atoms with van der Waals surface area (Å²) in [6.45, 7) is 4.09. The molecule has 3 heterocycles. The second-order valence-electron chi connectivity index (χ2n) is 7.58. The fourth-order valence-electron chi connectivity index (χ4n) is 3.99. The summed E-state index contributed by atoms with van der Waals surface area (Å²) in [7, 11) is 0. The third-order valence-electron chi connectivity index (χ3n) is 5.63. The van der Waals surface area contributed by atoms with Gasteiger partial charge in [0.05, 0.1) is 19.2 Å². The van der Waals surface area contributed by atoms with E-state index in [9.17, 15) is 4.79 Å². The molecule has 1 saturated heterocycles. The molecule has 1 aliphatic heterocycles. The van der Waals surface area contributed by atoms with Gasteiger partial charge >= 0.3 is 0 Å². The lowest BCUT2D eigenvalue weighted by Crippen LogP contribution is -2.48. The molecular weight excluding hydrogens is 394 g/mol. The number of benzene rings is 2. The number of piperazine rings is 1. The van der Waals surface area contributed by atoms with Gasteiger partial charge in [-0.25, -0.2) is 4.98 Å². The Balaban J connectivity index is 1.17. The molecule has 0 radical (unpaired) electrons. The molecule has 1 aliphatic rings. The van der Waals surface area contributed by atoms with Crippen molar-refractivity contribution in [3.8, 4) is 11.5 Å². The number of carbonyl (C=O) groups excluding carboxylic acids is 1. The lowest BCUT2D eigenvalue weighted by atomic mass is 10.0. The number of nitrogens with zero attached hydrogens (tertiary/aromatic N) is 3. The fourth-order valence-corrected chi connectivity index (χ4v) is 4.81. The molecule has 2 aromatic heterocycles. The molecule has 0 bridgehead atoms. The van der Waals surface area contributed by atoms with Gasteiger partial charge in [-0.15, -0.1) is 11.3 Å². The number of furan rings is 1. The zero-order chi connectivity index (χ0) is 20.3. The minimum Gasteiger partial charge on any atom is -0.463 e. The summed E-state index contributed by atoms with van der Waals surface area (Å²) in [5.41, 5.74) is 2.00.